The zero-order valence-electron chi connectivity index (χ0n) is 10.8. The van der Waals surface area contributed by atoms with E-state index < -0.39 is 11.9 Å². The third kappa shape index (κ3) is 3.67. The number of carbonyl (C=O) groups excluding carboxylic acids is 1. The summed E-state index contributed by atoms with van der Waals surface area (Å²) in [7, 11) is 1.48. The van der Waals surface area contributed by atoms with Gasteiger partial charge in [-0.3, -0.25) is 4.79 Å². The molecule has 0 unspecified atom stereocenters. The molecule has 0 aliphatic carbocycles. The minimum absolute atomic E-state index is 0.0107. The molecule has 0 aromatic carbocycles. The summed E-state index contributed by atoms with van der Waals surface area (Å²) in [6.07, 6.45) is -2.88. The molecule has 0 spiro atoms. The number of aromatic nitrogens is 2. The number of thiazole rings is 1. The van der Waals surface area contributed by atoms with E-state index >= 15 is 0 Å². The summed E-state index contributed by atoms with van der Waals surface area (Å²) >= 11 is 5.86. The van der Waals surface area contributed by atoms with Gasteiger partial charge in [-0.05, 0) is 12.1 Å². The molecule has 0 bridgehead atoms. The van der Waals surface area contributed by atoms with Crippen LogP contribution in [0.4, 0.5) is 13.2 Å². The van der Waals surface area contributed by atoms with Crippen molar-refractivity contribution in [3.63, 3.8) is 0 Å². The van der Waals surface area contributed by atoms with Crippen molar-refractivity contribution in [1.29, 1.82) is 0 Å². The number of H-pyrrole nitrogens is 1. The number of rotatable bonds is 3. The molecule has 2 heterocycles. The fraction of sp³-hybridized carbons (Fsp3) is 0.250. The lowest BCUT2D eigenvalue weighted by atomic mass is 10.2. The van der Waals surface area contributed by atoms with Crippen LogP contribution in [0.1, 0.15) is 21.1 Å². The first-order valence-electron chi connectivity index (χ1n) is 5.74. The lowest BCUT2D eigenvalue weighted by molar-refractivity contribution is -0.140. The van der Waals surface area contributed by atoms with E-state index in [1.807, 2.05) is 0 Å². The van der Waals surface area contributed by atoms with Gasteiger partial charge in [-0.15, -0.1) is 11.3 Å². The lowest BCUT2D eigenvalue weighted by Gasteiger charge is -2.15. The largest absolute Gasteiger partial charge is 0.434 e. The van der Waals surface area contributed by atoms with E-state index in [0.29, 0.717) is 5.56 Å². The van der Waals surface area contributed by atoms with E-state index in [1.54, 1.807) is 18.3 Å². The standard InChI is InChI=1S/C12H10F3N3OS2/c1-18(11(19)7-3-2-4-16-10(7)20)5-9-17-8(6-21-9)12(13,14)15/h2-4,6H,5H2,1H3,(H,16,20). The molecular formula is C12H10F3N3OS2. The summed E-state index contributed by atoms with van der Waals surface area (Å²) in [5.41, 5.74) is -0.650. The number of pyridine rings is 1. The number of aromatic amines is 1. The smallest absolute Gasteiger partial charge is 0.352 e. The number of halogens is 3. The molecule has 2 aromatic rings. The van der Waals surface area contributed by atoms with Crippen molar-refractivity contribution in [3.8, 4) is 0 Å². The van der Waals surface area contributed by atoms with Gasteiger partial charge < -0.3 is 9.88 Å². The summed E-state index contributed by atoms with van der Waals surface area (Å²) in [4.78, 5) is 19.7. The predicted molar refractivity (Wildman–Crippen MR) is 74.5 cm³/mol. The van der Waals surface area contributed by atoms with Gasteiger partial charge in [0.15, 0.2) is 5.69 Å². The number of hydrogen-bond acceptors (Lipinski definition) is 4. The molecular weight excluding hydrogens is 323 g/mol. The SMILES string of the molecule is CN(Cc1nc(C(F)(F)F)cs1)C(=O)c1ccc[nH]c1=S. The van der Waals surface area contributed by atoms with E-state index in [0.717, 1.165) is 16.7 Å². The van der Waals surface area contributed by atoms with Gasteiger partial charge in [0.2, 0.25) is 0 Å². The quantitative estimate of drug-likeness (QED) is 0.875. The average molecular weight is 333 g/mol. The van der Waals surface area contributed by atoms with Gasteiger partial charge in [-0.2, -0.15) is 13.2 Å². The second-order valence-electron chi connectivity index (χ2n) is 4.20. The maximum absolute atomic E-state index is 12.5. The number of carbonyl (C=O) groups is 1. The molecule has 4 nitrogen and oxygen atoms in total. The van der Waals surface area contributed by atoms with Crippen molar-refractivity contribution in [1.82, 2.24) is 14.9 Å². The highest BCUT2D eigenvalue weighted by molar-refractivity contribution is 7.71. The summed E-state index contributed by atoms with van der Waals surface area (Å²) in [5, 5.41) is 1.15. The molecule has 2 aromatic heterocycles. The third-order valence-corrected chi connectivity index (χ3v) is 3.78. The first-order valence-corrected chi connectivity index (χ1v) is 7.02. The Labute approximate surface area is 127 Å². The second-order valence-corrected chi connectivity index (χ2v) is 5.55. The summed E-state index contributed by atoms with van der Waals surface area (Å²) in [5.74, 6) is -0.374. The van der Waals surface area contributed by atoms with Crippen molar-refractivity contribution in [2.45, 2.75) is 12.7 Å². The molecule has 112 valence electrons. The summed E-state index contributed by atoms with van der Waals surface area (Å²) in [6, 6.07) is 3.18. The molecule has 0 atom stereocenters. The van der Waals surface area contributed by atoms with E-state index in [2.05, 4.69) is 9.97 Å². The summed E-state index contributed by atoms with van der Waals surface area (Å²) in [6.45, 7) is -0.0107. The third-order valence-electron chi connectivity index (χ3n) is 2.61. The Balaban J connectivity index is 2.13. The van der Waals surface area contributed by atoms with Gasteiger partial charge >= 0.3 is 6.18 Å². The normalized spacial score (nSPS) is 11.4. The monoisotopic (exact) mass is 333 g/mol. The Kier molecular flexibility index (Phi) is 4.43. The van der Waals surface area contributed by atoms with Gasteiger partial charge in [0.1, 0.15) is 9.65 Å². The molecule has 9 heteroatoms. The van der Waals surface area contributed by atoms with Crippen LogP contribution in [0.15, 0.2) is 23.7 Å². The zero-order chi connectivity index (χ0) is 15.6. The fourth-order valence-corrected chi connectivity index (χ4v) is 2.66. The number of alkyl halides is 3. The molecule has 0 radical (unpaired) electrons. The molecule has 0 aliphatic rings. The van der Waals surface area contributed by atoms with Crippen molar-refractivity contribution < 1.29 is 18.0 Å². The maximum Gasteiger partial charge on any atom is 0.434 e. The Bertz CT molecular complexity index is 708. The van der Waals surface area contributed by atoms with Crippen LogP contribution in [0.5, 0.6) is 0 Å². The molecule has 0 aliphatic heterocycles. The van der Waals surface area contributed by atoms with Gasteiger partial charge in [-0.1, -0.05) is 12.2 Å². The average Bonchev–Trinajstić information content (AvgIpc) is 2.87. The van der Waals surface area contributed by atoms with Crippen LogP contribution in [0, 0.1) is 4.64 Å². The van der Waals surface area contributed by atoms with Crippen molar-refractivity contribution >= 4 is 29.5 Å². The van der Waals surface area contributed by atoms with Crippen LogP contribution in [0.3, 0.4) is 0 Å². The molecule has 1 amide bonds. The molecule has 0 saturated carbocycles. The Morgan fingerprint density at radius 3 is 2.81 bits per heavy atom. The highest BCUT2D eigenvalue weighted by Gasteiger charge is 2.33. The minimum atomic E-state index is -4.47. The van der Waals surface area contributed by atoms with Gasteiger partial charge in [0, 0.05) is 18.6 Å². The fourth-order valence-electron chi connectivity index (χ4n) is 1.58. The molecule has 1 N–H and O–H groups in total. The minimum Gasteiger partial charge on any atom is -0.352 e. The molecule has 21 heavy (non-hydrogen) atoms. The Hall–Kier alpha value is -1.74. The maximum atomic E-state index is 12.5. The number of hydrogen-bond donors (Lipinski definition) is 1. The Morgan fingerprint density at radius 2 is 2.24 bits per heavy atom. The Morgan fingerprint density at radius 1 is 1.52 bits per heavy atom. The van der Waals surface area contributed by atoms with E-state index in [4.69, 9.17) is 12.2 Å². The zero-order valence-corrected chi connectivity index (χ0v) is 12.4. The highest BCUT2D eigenvalue weighted by atomic mass is 32.1. The van der Waals surface area contributed by atoms with Crippen LogP contribution in [0.2, 0.25) is 0 Å². The summed E-state index contributed by atoms with van der Waals surface area (Å²) < 4.78 is 37.7. The van der Waals surface area contributed by atoms with Crippen LogP contribution >= 0.6 is 23.6 Å². The lowest BCUT2D eigenvalue weighted by Crippen LogP contribution is -2.26. The van der Waals surface area contributed by atoms with Crippen molar-refractivity contribution in [3.05, 3.63) is 44.6 Å². The van der Waals surface area contributed by atoms with Gasteiger partial charge in [0.25, 0.3) is 5.91 Å². The second kappa shape index (κ2) is 5.94. The molecule has 0 saturated heterocycles. The van der Waals surface area contributed by atoms with Gasteiger partial charge in [-0.25, -0.2) is 4.98 Å². The highest BCUT2D eigenvalue weighted by Crippen LogP contribution is 2.30. The van der Waals surface area contributed by atoms with Crippen molar-refractivity contribution in [2.24, 2.45) is 0 Å². The van der Waals surface area contributed by atoms with Crippen LogP contribution in [-0.2, 0) is 12.7 Å². The van der Waals surface area contributed by atoms with Gasteiger partial charge in [0.05, 0.1) is 12.1 Å². The first-order chi connectivity index (χ1) is 9.79. The van der Waals surface area contributed by atoms with E-state index in [9.17, 15) is 18.0 Å². The van der Waals surface area contributed by atoms with Crippen LogP contribution in [-0.4, -0.2) is 27.8 Å². The number of nitrogens with zero attached hydrogens (tertiary/aromatic N) is 2. The van der Waals surface area contributed by atoms with Crippen LogP contribution in [0.25, 0.3) is 0 Å². The van der Waals surface area contributed by atoms with E-state index in [-0.39, 0.29) is 22.1 Å². The number of amides is 1. The first kappa shape index (κ1) is 15.6. The topological polar surface area (TPSA) is 49.0 Å². The molecule has 0 fully saturated rings. The molecule has 2 rings (SSSR count). The van der Waals surface area contributed by atoms with Crippen molar-refractivity contribution in [2.75, 3.05) is 7.05 Å². The number of nitrogens with one attached hydrogen (secondary N) is 1. The van der Waals surface area contributed by atoms with E-state index in [1.165, 1.54) is 11.9 Å². The predicted octanol–water partition coefficient (Wildman–Crippen LogP) is 3.49. The van der Waals surface area contributed by atoms with Crippen LogP contribution < -0.4 is 0 Å².